The summed E-state index contributed by atoms with van der Waals surface area (Å²) in [6.45, 7) is 6.56. The number of aromatic nitrogens is 4. The first kappa shape index (κ1) is 16.8. The van der Waals surface area contributed by atoms with Gasteiger partial charge in [0, 0.05) is 39.5 Å². The van der Waals surface area contributed by atoms with E-state index in [-0.39, 0.29) is 6.10 Å². The standard InChI is InChI=1S/C19H29N5O/c1-15-9-18(22(2)21-15)11-23-10-17-7-8-20-24(17)13-19(12-23)25-14-16-5-3-4-6-16/h7-9,16,19H,3-6,10-14H2,1-2H3/t19-/m1/s1. The number of ether oxygens (including phenoxy) is 1. The molecule has 2 aromatic heterocycles. The molecule has 0 aromatic carbocycles. The maximum Gasteiger partial charge on any atom is 0.0897 e. The lowest BCUT2D eigenvalue weighted by atomic mass is 10.1. The molecule has 1 fully saturated rings. The van der Waals surface area contributed by atoms with Gasteiger partial charge in [-0.1, -0.05) is 12.8 Å². The molecule has 1 saturated carbocycles. The molecule has 2 aliphatic rings. The molecule has 1 atom stereocenters. The van der Waals surface area contributed by atoms with E-state index in [1.54, 1.807) is 0 Å². The summed E-state index contributed by atoms with van der Waals surface area (Å²) < 4.78 is 10.5. The highest BCUT2D eigenvalue weighted by molar-refractivity contribution is 5.10. The monoisotopic (exact) mass is 343 g/mol. The highest BCUT2D eigenvalue weighted by Crippen LogP contribution is 2.26. The van der Waals surface area contributed by atoms with Gasteiger partial charge in [0.1, 0.15) is 0 Å². The molecular formula is C19H29N5O. The normalized spacial score (nSPS) is 22.2. The van der Waals surface area contributed by atoms with Crippen molar-refractivity contribution in [3.05, 3.63) is 35.4 Å². The first-order valence-electron chi connectivity index (χ1n) is 9.51. The Morgan fingerprint density at radius 2 is 2.08 bits per heavy atom. The lowest BCUT2D eigenvalue weighted by molar-refractivity contribution is 0.000157. The summed E-state index contributed by atoms with van der Waals surface area (Å²) in [5.41, 5.74) is 3.59. The molecule has 0 unspecified atom stereocenters. The van der Waals surface area contributed by atoms with Crippen LogP contribution in [0.1, 0.15) is 42.8 Å². The molecule has 3 heterocycles. The van der Waals surface area contributed by atoms with Gasteiger partial charge in [-0.25, -0.2) is 0 Å². The van der Waals surface area contributed by atoms with Crippen molar-refractivity contribution in [2.45, 2.75) is 58.3 Å². The lowest BCUT2D eigenvalue weighted by Crippen LogP contribution is -2.34. The predicted octanol–water partition coefficient (Wildman–Crippen LogP) is 2.52. The third kappa shape index (κ3) is 3.96. The van der Waals surface area contributed by atoms with Gasteiger partial charge in [0.15, 0.2) is 0 Å². The van der Waals surface area contributed by atoms with Crippen molar-refractivity contribution < 1.29 is 4.74 Å². The largest absolute Gasteiger partial charge is 0.375 e. The third-order valence-corrected chi connectivity index (χ3v) is 5.56. The van der Waals surface area contributed by atoms with Gasteiger partial charge >= 0.3 is 0 Å². The summed E-state index contributed by atoms with van der Waals surface area (Å²) in [6, 6.07) is 4.30. The van der Waals surface area contributed by atoms with Crippen molar-refractivity contribution in [3.63, 3.8) is 0 Å². The van der Waals surface area contributed by atoms with E-state index >= 15 is 0 Å². The Morgan fingerprint density at radius 1 is 1.24 bits per heavy atom. The van der Waals surface area contributed by atoms with Crippen molar-refractivity contribution in [2.75, 3.05) is 13.2 Å². The molecule has 0 saturated heterocycles. The van der Waals surface area contributed by atoms with E-state index in [1.165, 1.54) is 37.1 Å². The number of rotatable bonds is 5. The SMILES string of the molecule is Cc1cc(CN2Cc3ccnn3C[C@H](OCC3CCCC3)C2)n(C)n1. The van der Waals surface area contributed by atoms with Crippen LogP contribution in [0.25, 0.3) is 0 Å². The zero-order chi connectivity index (χ0) is 17.2. The number of hydrogen-bond acceptors (Lipinski definition) is 4. The highest BCUT2D eigenvalue weighted by atomic mass is 16.5. The zero-order valence-electron chi connectivity index (χ0n) is 15.4. The molecule has 2 aromatic rings. The number of fused-ring (bicyclic) bond motifs is 1. The van der Waals surface area contributed by atoms with Gasteiger partial charge in [0.2, 0.25) is 0 Å². The molecule has 6 nitrogen and oxygen atoms in total. The van der Waals surface area contributed by atoms with Gasteiger partial charge in [-0.2, -0.15) is 10.2 Å². The molecule has 0 amide bonds. The number of hydrogen-bond donors (Lipinski definition) is 0. The summed E-state index contributed by atoms with van der Waals surface area (Å²) in [5, 5.41) is 8.99. The van der Waals surface area contributed by atoms with Crippen molar-refractivity contribution in [3.8, 4) is 0 Å². The van der Waals surface area contributed by atoms with Gasteiger partial charge in [0.25, 0.3) is 0 Å². The fraction of sp³-hybridized carbons (Fsp3) is 0.684. The zero-order valence-corrected chi connectivity index (χ0v) is 15.4. The summed E-state index contributed by atoms with van der Waals surface area (Å²) in [6.07, 6.45) is 7.51. The minimum absolute atomic E-state index is 0.205. The molecule has 4 rings (SSSR count). The van der Waals surface area contributed by atoms with Crippen LogP contribution in [0.2, 0.25) is 0 Å². The lowest BCUT2D eigenvalue weighted by Gasteiger charge is -2.25. The van der Waals surface area contributed by atoms with Crippen LogP contribution < -0.4 is 0 Å². The molecule has 0 spiro atoms. The fourth-order valence-electron chi connectivity index (χ4n) is 4.21. The summed E-state index contributed by atoms with van der Waals surface area (Å²) in [7, 11) is 2.03. The number of aryl methyl sites for hydroxylation is 2. The van der Waals surface area contributed by atoms with Crippen molar-refractivity contribution in [1.82, 2.24) is 24.5 Å². The first-order valence-corrected chi connectivity index (χ1v) is 9.51. The Hall–Kier alpha value is -1.66. The molecule has 6 heteroatoms. The maximum atomic E-state index is 6.35. The van der Waals surface area contributed by atoms with E-state index in [4.69, 9.17) is 4.74 Å². The molecule has 0 radical (unpaired) electrons. The van der Waals surface area contributed by atoms with E-state index in [9.17, 15) is 0 Å². The summed E-state index contributed by atoms with van der Waals surface area (Å²) >= 11 is 0. The third-order valence-electron chi connectivity index (χ3n) is 5.56. The quantitative estimate of drug-likeness (QED) is 0.837. The molecule has 0 N–H and O–H groups in total. The van der Waals surface area contributed by atoms with Gasteiger partial charge in [-0.05, 0) is 37.8 Å². The molecule has 0 bridgehead atoms. The summed E-state index contributed by atoms with van der Waals surface area (Å²) in [5.74, 6) is 0.758. The average Bonchev–Trinajstić information content (AvgIpc) is 3.28. The van der Waals surface area contributed by atoms with Crippen molar-refractivity contribution >= 4 is 0 Å². The van der Waals surface area contributed by atoms with Crippen LogP contribution in [-0.2, 0) is 31.4 Å². The molecule has 1 aliphatic heterocycles. The van der Waals surface area contributed by atoms with E-state index in [1.807, 2.05) is 17.9 Å². The fourth-order valence-corrected chi connectivity index (χ4v) is 4.21. The van der Waals surface area contributed by atoms with Gasteiger partial charge in [-0.3, -0.25) is 14.3 Å². The highest BCUT2D eigenvalue weighted by Gasteiger charge is 2.25. The molecular weight excluding hydrogens is 314 g/mol. The van der Waals surface area contributed by atoms with Crippen LogP contribution in [0, 0.1) is 12.8 Å². The van der Waals surface area contributed by atoms with E-state index in [0.29, 0.717) is 0 Å². The van der Waals surface area contributed by atoms with Crippen LogP contribution in [0.4, 0.5) is 0 Å². The average molecular weight is 343 g/mol. The predicted molar refractivity (Wildman–Crippen MR) is 96.0 cm³/mol. The molecule has 25 heavy (non-hydrogen) atoms. The van der Waals surface area contributed by atoms with Crippen molar-refractivity contribution in [1.29, 1.82) is 0 Å². The first-order chi connectivity index (χ1) is 12.2. The van der Waals surface area contributed by atoms with Crippen LogP contribution in [-0.4, -0.2) is 43.7 Å². The Kier molecular flexibility index (Phi) is 4.90. The van der Waals surface area contributed by atoms with Gasteiger partial charge in [0.05, 0.1) is 29.7 Å². The second-order valence-corrected chi connectivity index (χ2v) is 7.68. The van der Waals surface area contributed by atoms with Crippen LogP contribution in [0.15, 0.2) is 18.3 Å². The molecule has 136 valence electrons. The second kappa shape index (κ2) is 7.30. The van der Waals surface area contributed by atoms with E-state index in [2.05, 4.69) is 38.8 Å². The minimum Gasteiger partial charge on any atom is -0.375 e. The molecule has 1 aliphatic carbocycles. The summed E-state index contributed by atoms with van der Waals surface area (Å²) in [4.78, 5) is 2.47. The Bertz CT molecular complexity index is 700. The maximum absolute atomic E-state index is 6.35. The Morgan fingerprint density at radius 3 is 2.84 bits per heavy atom. The smallest absolute Gasteiger partial charge is 0.0897 e. The van der Waals surface area contributed by atoms with Crippen LogP contribution >= 0.6 is 0 Å². The van der Waals surface area contributed by atoms with Gasteiger partial charge in [-0.15, -0.1) is 0 Å². The second-order valence-electron chi connectivity index (χ2n) is 7.68. The van der Waals surface area contributed by atoms with E-state index < -0.39 is 0 Å². The topological polar surface area (TPSA) is 48.1 Å². The van der Waals surface area contributed by atoms with Gasteiger partial charge < -0.3 is 4.74 Å². The van der Waals surface area contributed by atoms with Crippen molar-refractivity contribution in [2.24, 2.45) is 13.0 Å². The van der Waals surface area contributed by atoms with Crippen LogP contribution in [0.3, 0.4) is 0 Å². The number of nitrogens with zero attached hydrogens (tertiary/aromatic N) is 5. The van der Waals surface area contributed by atoms with Crippen LogP contribution in [0.5, 0.6) is 0 Å². The Labute approximate surface area is 149 Å². The Balaban J connectivity index is 1.45. The minimum atomic E-state index is 0.205. The van der Waals surface area contributed by atoms with E-state index in [0.717, 1.165) is 44.4 Å².